The highest BCUT2D eigenvalue weighted by molar-refractivity contribution is 7.99. The zero-order chi connectivity index (χ0) is 18.9. The normalized spacial score (nSPS) is 11.6. The topological polar surface area (TPSA) is 75.5 Å². The van der Waals surface area contributed by atoms with Gasteiger partial charge in [0.2, 0.25) is 0 Å². The maximum atomic E-state index is 12.3. The van der Waals surface area contributed by atoms with Crippen LogP contribution in [0.5, 0.6) is 0 Å². The summed E-state index contributed by atoms with van der Waals surface area (Å²) in [5.41, 5.74) is 0.762. The number of thioether (sulfide) groups is 1. The Morgan fingerprint density at radius 1 is 1.23 bits per heavy atom. The number of rotatable bonds is 8. The summed E-state index contributed by atoms with van der Waals surface area (Å²) in [4.78, 5) is 25.5. The van der Waals surface area contributed by atoms with Crippen LogP contribution in [0.1, 0.15) is 24.9 Å². The molecular weight excluding hydrogens is 350 g/mol. The van der Waals surface area contributed by atoms with E-state index in [4.69, 9.17) is 0 Å². The highest BCUT2D eigenvalue weighted by Crippen LogP contribution is 2.23. The van der Waals surface area contributed by atoms with E-state index in [1.807, 2.05) is 25.1 Å². The summed E-state index contributed by atoms with van der Waals surface area (Å²) in [5.74, 6) is 0.925. The minimum Gasteiger partial charge on any atom is -0.338 e. The molecule has 138 valence electrons. The lowest BCUT2D eigenvalue weighted by Gasteiger charge is -2.25. The number of hydrogen-bond donors (Lipinski definition) is 1. The number of benzene rings is 2. The van der Waals surface area contributed by atoms with Crippen molar-refractivity contribution in [1.29, 1.82) is 0 Å². The Morgan fingerprint density at radius 3 is 2.65 bits per heavy atom. The Hall–Kier alpha value is -2.54. The Bertz CT molecular complexity index is 740. The highest BCUT2D eigenvalue weighted by atomic mass is 32.2. The molecule has 2 rings (SSSR count). The van der Waals surface area contributed by atoms with Gasteiger partial charge < -0.3 is 10.2 Å². The third-order valence-electron chi connectivity index (χ3n) is 4.07. The Balaban J connectivity index is 1.77. The van der Waals surface area contributed by atoms with Crippen LogP contribution in [0.3, 0.4) is 0 Å². The van der Waals surface area contributed by atoms with E-state index in [1.165, 1.54) is 17.0 Å². The van der Waals surface area contributed by atoms with E-state index >= 15 is 0 Å². The van der Waals surface area contributed by atoms with Crippen LogP contribution in [0.25, 0.3) is 0 Å². The number of amides is 2. The summed E-state index contributed by atoms with van der Waals surface area (Å²) in [7, 11) is 1.69. The fraction of sp³-hybridized carbons (Fsp3) is 0.316. The molecule has 0 aliphatic heterocycles. The van der Waals surface area contributed by atoms with Gasteiger partial charge in [0, 0.05) is 30.6 Å². The maximum Gasteiger partial charge on any atom is 0.317 e. The Morgan fingerprint density at radius 2 is 1.96 bits per heavy atom. The molecule has 2 aromatic carbocycles. The molecule has 0 fully saturated rings. The predicted molar refractivity (Wildman–Crippen MR) is 104 cm³/mol. The van der Waals surface area contributed by atoms with Gasteiger partial charge in [0.15, 0.2) is 0 Å². The van der Waals surface area contributed by atoms with E-state index in [9.17, 15) is 14.9 Å². The van der Waals surface area contributed by atoms with E-state index in [-0.39, 0.29) is 17.8 Å². The standard InChI is InChI=1S/C19H23N3O3S/c1-15(16-8-6-9-17(14-16)22(24)25)21(2)19(23)20-12-7-13-26-18-10-4-3-5-11-18/h3-6,8-11,14-15H,7,12-13H2,1-2H3,(H,20,23)/t15-/m1/s1. The molecule has 1 N–H and O–H groups in total. The number of nitro groups is 1. The molecule has 7 heteroatoms. The molecule has 1 atom stereocenters. The van der Waals surface area contributed by atoms with Gasteiger partial charge in [-0.2, -0.15) is 0 Å². The van der Waals surface area contributed by atoms with E-state index in [0.29, 0.717) is 6.54 Å². The number of carbonyl (C=O) groups is 1. The van der Waals surface area contributed by atoms with Crippen molar-refractivity contribution in [2.24, 2.45) is 0 Å². The summed E-state index contributed by atoms with van der Waals surface area (Å²) >= 11 is 1.76. The first-order valence-corrected chi connectivity index (χ1v) is 9.40. The van der Waals surface area contributed by atoms with Crippen molar-refractivity contribution in [2.45, 2.75) is 24.3 Å². The molecule has 0 aliphatic carbocycles. The van der Waals surface area contributed by atoms with Crippen LogP contribution in [0.15, 0.2) is 59.5 Å². The number of carbonyl (C=O) groups excluding carboxylic acids is 1. The average molecular weight is 373 g/mol. The highest BCUT2D eigenvalue weighted by Gasteiger charge is 2.18. The monoisotopic (exact) mass is 373 g/mol. The number of urea groups is 1. The molecule has 26 heavy (non-hydrogen) atoms. The first-order chi connectivity index (χ1) is 12.5. The molecule has 0 bridgehead atoms. The summed E-state index contributed by atoms with van der Waals surface area (Å²) in [6.45, 7) is 2.44. The first kappa shape index (κ1) is 19.8. The largest absolute Gasteiger partial charge is 0.338 e. The average Bonchev–Trinajstić information content (AvgIpc) is 2.67. The Kier molecular flexibility index (Phi) is 7.47. The Labute approximate surface area is 157 Å². The number of nitrogens with one attached hydrogen (secondary N) is 1. The van der Waals surface area contributed by atoms with Gasteiger partial charge in [0.05, 0.1) is 11.0 Å². The molecule has 0 unspecified atom stereocenters. The molecule has 2 amide bonds. The zero-order valence-corrected chi connectivity index (χ0v) is 15.7. The van der Waals surface area contributed by atoms with Gasteiger partial charge in [0.25, 0.3) is 5.69 Å². The van der Waals surface area contributed by atoms with Crippen molar-refractivity contribution in [1.82, 2.24) is 10.2 Å². The molecule has 0 saturated heterocycles. The molecule has 0 radical (unpaired) electrons. The number of hydrogen-bond acceptors (Lipinski definition) is 4. The molecule has 0 saturated carbocycles. The predicted octanol–water partition coefficient (Wildman–Crippen LogP) is 4.48. The quantitative estimate of drug-likeness (QED) is 0.320. The van der Waals surface area contributed by atoms with Crippen molar-refractivity contribution in [3.63, 3.8) is 0 Å². The maximum absolute atomic E-state index is 12.3. The lowest BCUT2D eigenvalue weighted by Crippen LogP contribution is -2.39. The van der Waals surface area contributed by atoms with Gasteiger partial charge in [-0.1, -0.05) is 30.3 Å². The van der Waals surface area contributed by atoms with Crippen LogP contribution < -0.4 is 5.32 Å². The van der Waals surface area contributed by atoms with Crippen LogP contribution >= 0.6 is 11.8 Å². The van der Waals surface area contributed by atoms with E-state index in [0.717, 1.165) is 17.7 Å². The summed E-state index contributed by atoms with van der Waals surface area (Å²) in [6.07, 6.45) is 0.865. The summed E-state index contributed by atoms with van der Waals surface area (Å²) in [5, 5.41) is 13.8. The SMILES string of the molecule is C[C@H](c1cccc([N+](=O)[O-])c1)N(C)C(=O)NCCCSc1ccccc1. The summed E-state index contributed by atoms with van der Waals surface area (Å²) in [6, 6.07) is 16.1. The van der Waals surface area contributed by atoms with E-state index < -0.39 is 4.92 Å². The molecule has 2 aromatic rings. The van der Waals surface area contributed by atoms with Crippen LogP contribution in [-0.4, -0.2) is 35.2 Å². The van der Waals surface area contributed by atoms with Gasteiger partial charge in [-0.3, -0.25) is 10.1 Å². The zero-order valence-electron chi connectivity index (χ0n) is 14.9. The fourth-order valence-electron chi connectivity index (χ4n) is 2.40. The second-order valence-electron chi connectivity index (χ2n) is 5.89. The van der Waals surface area contributed by atoms with Gasteiger partial charge in [-0.15, -0.1) is 11.8 Å². The first-order valence-electron chi connectivity index (χ1n) is 8.42. The fourth-order valence-corrected chi connectivity index (χ4v) is 3.27. The van der Waals surface area contributed by atoms with Crippen LogP contribution in [0, 0.1) is 10.1 Å². The molecular formula is C19H23N3O3S. The lowest BCUT2D eigenvalue weighted by atomic mass is 10.1. The molecule has 0 aliphatic rings. The third kappa shape index (κ3) is 5.77. The minimum absolute atomic E-state index is 0.0288. The van der Waals surface area contributed by atoms with Gasteiger partial charge in [-0.25, -0.2) is 4.79 Å². The third-order valence-corrected chi connectivity index (χ3v) is 5.17. The number of nitrogens with zero attached hydrogens (tertiary/aromatic N) is 2. The van der Waals surface area contributed by atoms with Crippen molar-refractivity contribution < 1.29 is 9.72 Å². The van der Waals surface area contributed by atoms with E-state index in [1.54, 1.807) is 35.8 Å². The lowest BCUT2D eigenvalue weighted by molar-refractivity contribution is -0.384. The van der Waals surface area contributed by atoms with Gasteiger partial charge in [-0.05, 0) is 36.8 Å². The molecule has 0 spiro atoms. The van der Waals surface area contributed by atoms with Crippen molar-refractivity contribution in [3.05, 3.63) is 70.3 Å². The number of nitro benzene ring substituents is 1. The van der Waals surface area contributed by atoms with Crippen molar-refractivity contribution >= 4 is 23.5 Å². The van der Waals surface area contributed by atoms with Crippen LogP contribution in [0.2, 0.25) is 0 Å². The molecule has 6 nitrogen and oxygen atoms in total. The smallest absolute Gasteiger partial charge is 0.317 e. The van der Waals surface area contributed by atoms with Gasteiger partial charge in [0.1, 0.15) is 0 Å². The van der Waals surface area contributed by atoms with Crippen molar-refractivity contribution in [3.8, 4) is 0 Å². The second-order valence-corrected chi connectivity index (χ2v) is 7.05. The van der Waals surface area contributed by atoms with E-state index in [2.05, 4.69) is 17.4 Å². The van der Waals surface area contributed by atoms with Crippen molar-refractivity contribution in [2.75, 3.05) is 19.3 Å². The summed E-state index contributed by atoms with van der Waals surface area (Å²) < 4.78 is 0. The van der Waals surface area contributed by atoms with Crippen LogP contribution in [0.4, 0.5) is 10.5 Å². The molecule has 0 heterocycles. The number of non-ortho nitro benzene ring substituents is 1. The second kappa shape index (κ2) is 9.82. The minimum atomic E-state index is -0.430. The van der Waals surface area contributed by atoms with Gasteiger partial charge >= 0.3 is 6.03 Å². The van der Waals surface area contributed by atoms with Crippen LogP contribution in [-0.2, 0) is 0 Å². The molecule has 0 aromatic heterocycles.